The average molecular weight is 391 g/mol. The summed E-state index contributed by atoms with van der Waals surface area (Å²) in [6.07, 6.45) is 7.48. The minimum atomic E-state index is -0.782. The predicted molar refractivity (Wildman–Crippen MR) is 115 cm³/mol. The number of carbonyl (C=O) groups is 1. The molecule has 2 rings (SSSR count). The molecule has 1 N–H and O–H groups in total. The predicted octanol–water partition coefficient (Wildman–Crippen LogP) is 4.87. The van der Waals surface area contributed by atoms with Crippen molar-refractivity contribution in [3.63, 3.8) is 0 Å². The maximum Gasteiger partial charge on any atom is 0.256 e. The first-order valence-electron chi connectivity index (χ1n) is 11.0. The van der Waals surface area contributed by atoms with Crippen molar-refractivity contribution in [1.29, 1.82) is 0 Å². The van der Waals surface area contributed by atoms with Gasteiger partial charge in [0.1, 0.15) is 18.0 Å². The molecular formula is C23H38N2O3. The minimum Gasteiger partial charge on any atom is -0.492 e. The lowest BCUT2D eigenvalue weighted by Crippen LogP contribution is -2.43. The second-order valence-corrected chi connectivity index (χ2v) is 7.91. The summed E-state index contributed by atoms with van der Waals surface area (Å²) < 4.78 is 11.8. The van der Waals surface area contributed by atoms with Crippen LogP contribution >= 0.6 is 0 Å². The van der Waals surface area contributed by atoms with Crippen LogP contribution in [0.3, 0.4) is 0 Å². The molecule has 0 bridgehead atoms. The summed E-state index contributed by atoms with van der Waals surface area (Å²) in [5.74, 6) is 0.768. The standard InChI is InChI=1S/C23H38N2O3/c1-4-6-7-14-23(3,28-18-5-2)22(26)24-20-10-12-21(13-11-20)27-19-17-25-15-8-9-16-25/h10-13H,4-9,14-19H2,1-3H3,(H,24,26). The molecule has 1 aliphatic heterocycles. The van der Waals surface area contributed by atoms with Crippen LogP contribution < -0.4 is 10.1 Å². The molecule has 1 aromatic rings. The molecule has 158 valence electrons. The number of anilines is 1. The third-order valence-corrected chi connectivity index (χ3v) is 5.35. The van der Waals surface area contributed by atoms with Crippen LogP contribution in [0.4, 0.5) is 5.69 Å². The van der Waals surface area contributed by atoms with Crippen molar-refractivity contribution >= 4 is 11.6 Å². The normalized spacial score (nSPS) is 16.7. The van der Waals surface area contributed by atoms with E-state index in [0.717, 1.165) is 50.1 Å². The van der Waals surface area contributed by atoms with Crippen LogP contribution in [-0.4, -0.2) is 49.3 Å². The largest absolute Gasteiger partial charge is 0.492 e. The van der Waals surface area contributed by atoms with Crippen molar-refractivity contribution in [2.24, 2.45) is 0 Å². The molecule has 0 radical (unpaired) electrons. The van der Waals surface area contributed by atoms with E-state index in [4.69, 9.17) is 9.47 Å². The lowest BCUT2D eigenvalue weighted by atomic mass is 9.96. The van der Waals surface area contributed by atoms with Crippen molar-refractivity contribution in [3.8, 4) is 5.75 Å². The molecule has 5 heteroatoms. The van der Waals surface area contributed by atoms with E-state index >= 15 is 0 Å². The van der Waals surface area contributed by atoms with Gasteiger partial charge in [-0.2, -0.15) is 0 Å². The van der Waals surface area contributed by atoms with Crippen LogP contribution in [0.2, 0.25) is 0 Å². The van der Waals surface area contributed by atoms with Gasteiger partial charge in [-0.25, -0.2) is 0 Å². The zero-order valence-electron chi connectivity index (χ0n) is 18.0. The van der Waals surface area contributed by atoms with Crippen molar-refractivity contribution < 1.29 is 14.3 Å². The third kappa shape index (κ3) is 7.44. The zero-order valence-corrected chi connectivity index (χ0v) is 18.0. The molecule has 1 aromatic carbocycles. The molecule has 5 nitrogen and oxygen atoms in total. The first-order valence-corrected chi connectivity index (χ1v) is 11.0. The van der Waals surface area contributed by atoms with Crippen molar-refractivity contribution in [1.82, 2.24) is 4.90 Å². The number of hydrogen-bond donors (Lipinski definition) is 1. The number of carbonyl (C=O) groups excluding carboxylic acids is 1. The number of ether oxygens (including phenoxy) is 2. The average Bonchev–Trinajstić information content (AvgIpc) is 3.21. The molecule has 1 fully saturated rings. The maximum absolute atomic E-state index is 12.9. The fourth-order valence-corrected chi connectivity index (χ4v) is 3.49. The van der Waals surface area contributed by atoms with Gasteiger partial charge in [0, 0.05) is 18.8 Å². The van der Waals surface area contributed by atoms with Crippen LogP contribution in [0.5, 0.6) is 5.75 Å². The Kier molecular flexibility index (Phi) is 9.79. The highest BCUT2D eigenvalue weighted by atomic mass is 16.5. The molecule has 1 atom stereocenters. The number of rotatable bonds is 13. The van der Waals surface area contributed by atoms with E-state index in [9.17, 15) is 4.79 Å². The molecular weight excluding hydrogens is 352 g/mol. The van der Waals surface area contributed by atoms with Crippen LogP contribution in [0.15, 0.2) is 24.3 Å². The number of likely N-dealkylation sites (tertiary alicyclic amines) is 1. The molecule has 0 saturated carbocycles. The SMILES string of the molecule is CCCCCC(C)(OCCC)C(=O)Nc1ccc(OCCN2CCCC2)cc1. The summed E-state index contributed by atoms with van der Waals surface area (Å²) >= 11 is 0. The minimum absolute atomic E-state index is 0.0697. The van der Waals surface area contributed by atoms with E-state index in [1.165, 1.54) is 25.9 Å². The molecule has 0 aromatic heterocycles. The Hall–Kier alpha value is -1.59. The number of benzene rings is 1. The molecule has 1 amide bonds. The molecule has 1 aliphatic rings. The van der Waals surface area contributed by atoms with Crippen molar-refractivity contribution in [2.75, 3.05) is 38.2 Å². The molecule has 0 spiro atoms. The first kappa shape index (κ1) is 22.7. The van der Waals surface area contributed by atoms with Gasteiger partial charge >= 0.3 is 0 Å². The lowest BCUT2D eigenvalue weighted by Gasteiger charge is -2.28. The maximum atomic E-state index is 12.9. The molecule has 0 aliphatic carbocycles. The van der Waals surface area contributed by atoms with Gasteiger partial charge in [-0.15, -0.1) is 0 Å². The quantitative estimate of drug-likeness (QED) is 0.489. The highest BCUT2D eigenvalue weighted by molar-refractivity contribution is 5.97. The van der Waals surface area contributed by atoms with Gasteiger partial charge < -0.3 is 14.8 Å². The van der Waals surface area contributed by atoms with Gasteiger partial charge in [0.15, 0.2) is 0 Å². The first-order chi connectivity index (χ1) is 13.6. The van der Waals surface area contributed by atoms with Gasteiger partial charge in [-0.1, -0.05) is 33.1 Å². The Morgan fingerprint density at radius 1 is 1.07 bits per heavy atom. The van der Waals surface area contributed by atoms with E-state index in [2.05, 4.69) is 24.1 Å². The highest BCUT2D eigenvalue weighted by Gasteiger charge is 2.33. The smallest absolute Gasteiger partial charge is 0.256 e. The number of unbranched alkanes of at least 4 members (excludes halogenated alkanes) is 2. The number of nitrogens with one attached hydrogen (secondary N) is 1. The Bertz CT molecular complexity index is 570. The van der Waals surface area contributed by atoms with E-state index < -0.39 is 5.60 Å². The lowest BCUT2D eigenvalue weighted by molar-refractivity contribution is -0.140. The van der Waals surface area contributed by atoms with Crippen LogP contribution in [-0.2, 0) is 9.53 Å². The second-order valence-electron chi connectivity index (χ2n) is 7.91. The van der Waals surface area contributed by atoms with Gasteiger partial charge in [0.25, 0.3) is 5.91 Å². The highest BCUT2D eigenvalue weighted by Crippen LogP contribution is 2.23. The fraction of sp³-hybridized carbons (Fsp3) is 0.696. The van der Waals surface area contributed by atoms with E-state index in [1.807, 2.05) is 31.2 Å². The Morgan fingerprint density at radius 2 is 1.79 bits per heavy atom. The Balaban J connectivity index is 1.84. The number of nitrogens with zero attached hydrogens (tertiary/aromatic N) is 1. The van der Waals surface area contributed by atoms with Gasteiger partial charge in [0.2, 0.25) is 0 Å². The van der Waals surface area contributed by atoms with E-state index in [0.29, 0.717) is 13.2 Å². The van der Waals surface area contributed by atoms with E-state index in [-0.39, 0.29) is 5.91 Å². The van der Waals surface area contributed by atoms with Crippen molar-refractivity contribution in [2.45, 2.75) is 71.3 Å². The van der Waals surface area contributed by atoms with Gasteiger partial charge in [0.05, 0.1) is 0 Å². The van der Waals surface area contributed by atoms with Gasteiger partial charge in [-0.3, -0.25) is 9.69 Å². The van der Waals surface area contributed by atoms with Crippen LogP contribution in [0.25, 0.3) is 0 Å². The summed E-state index contributed by atoms with van der Waals surface area (Å²) in [6, 6.07) is 7.63. The second kappa shape index (κ2) is 12.1. The van der Waals surface area contributed by atoms with E-state index in [1.54, 1.807) is 0 Å². The topological polar surface area (TPSA) is 50.8 Å². The summed E-state index contributed by atoms with van der Waals surface area (Å²) in [5, 5.41) is 3.02. The Morgan fingerprint density at radius 3 is 2.43 bits per heavy atom. The third-order valence-electron chi connectivity index (χ3n) is 5.35. The molecule has 1 unspecified atom stereocenters. The number of amides is 1. The monoisotopic (exact) mass is 390 g/mol. The molecule has 1 saturated heterocycles. The summed E-state index contributed by atoms with van der Waals surface area (Å²) in [4.78, 5) is 15.3. The molecule has 1 heterocycles. The zero-order chi connectivity index (χ0) is 20.2. The summed E-state index contributed by atoms with van der Waals surface area (Å²) in [5.41, 5.74) is -0.00509. The summed E-state index contributed by atoms with van der Waals surface area (Å²) in [7, 11) is 0. The van der Waals surface area contributed by atoms with Crippen LogP contribution in [0, 0.1) is 0 Å². The van der Waals surface area contributed by atoms with Crippen LogP contribution in [0.1, 0.15) is 65.7 Å². The summed E-state index contributed by atoms with van der Waals surface area (Å²) in [6.45, 7) is 10.8. The fourth-order valence-electron chi connectivity index (χ4n) is 3.49. The number of hydrogen-bond acceptors (Lipinski definition) is 4. The van der Waals surface area contributed by atoms with Crippen molar-refractivity contribution in [3.05, 3.63) is 24.3 Å². The van der Waals surface area contributed by atoms with Gasteiger partial charge in [-0.05, 0) is 70.0 Å². The molecule has 28 heavy (non-hydrogen) atoms. The Labute approximate surface area is 170 Å².